The third kappa shape index (κ3) is 1.52. The highest BCUT2D eigenvalue weighted by atomic mass is 79.9. The third-order valence-corrected chi connectivity index (χ3v) is 2.60. The molecule has 0 aliphatic rings. The fourth-order valence-electron chi connectivity index (χ4n) is 1.10. The summed E-state index contributed by atoms with van der Waals surface area (Å²) >= 11 is 3.09. The molecule has 3 heteroatoms. The number of benzene rings is 1. The van der Waals surface area contributed by atoms with Crippen molar-refractivity contribution >= 4 is 15.9 Å². The van der Waals surface area contributed by atoms with E-state index in [1.54, 1.807) is 13.0 Å². The molecule has 0 radical (unpaired) electrons. The van der Waals surface area contributed by atoms with Crippen LogP contribution in [0.25, 0.3) is 0 Å². The first-order valence-electron chi connectivity index (χ1n) is 3.63. The zero-order valence-electron chi connectivity index (χ0n) is 6.99. The summed E-state index contributed by atoms with van der Waals surface area (Å²) in [5.41, 5.74) is 2.17. The van der Waals surface area contributed by atoms with E-state index in [9.17, 15) is 4.39 Å². The summed E-state index contributed by atoms with van der Waals surface area (Å²) in [4.78, 5) is 0. The molecule has 0 saturated heterocycles. The molecule has 0 aliphatic carbocycles. The molecule has 66 valence electrons. The van der Waals surface area contributed by atoms with Crippen LogP contribution in [-0.2, 0) is 6.61 Å². The molecule has 0 atom stereocenters. The van der Waals surface area contributed by atoms with Gasteiger partial charge in [0.05, 0.1) is 11.1 Å². The van der Waals surface area contributed by atoms with Gasteiger partial charge in [-0.25, -0.2) is 4.39 Å². The molecule has 1 nitrogen and oxygen atoms in total. The Kier molecular flexibility index (Phi) is 2.85. The van der Waals surface area contributed by atoms with Crippen LogP contribution in [0.5, 0.6) is 0 Å². The van der Waals surface area contributed by atoms with E-state index in [-0.39, 0.29) is 12.4 Å². The number of hydrogen-bond acceptors (Lipinski definition) is 1. The second-order valence-corrected chi connectivity index (χ2v) is 3.61. The van der Waals surface area contributed by atoms with Crippen LogP contribution >= 0.6 is 15.9 Å². The quantitative estimate of drug-likeness (QED) is 0.790. The normalized spacial score (nSPS) is 10.4. The standard InChI is InChI=1S/C9H10BrFO/c1-5-3-8(10)9(11)7(4-12)6(5)2/h3,12H,4H2,1-2H3. The van der Waals surface area contributed by atoms with Gasteiger partial charge < -0.3 is 5.11 Å². The van der Waals surface area contributed by atoms with Crippen LogP contribution in [0.1, 0.15) is 16.7 Å². The van der Waals surface area contributed by atoms with Crippen LogP contribution in [0, 0.1) is 19.7 Å². The summed E-state index contributed by atoms with van der Waals surface area (Å²) in [6.45, 7) is 3.44. The molecule has 0 amide bonds. The van der Waals surface area contributed by atoms with E-state index in [1.165, 1.54) is 0 Å². The summed E-state index contributed by atoms with van der Waals surface area (Å²) in [5, 5.41) is 8.89. The van der Waals surface area contributed by atoms with Crippen molar-refractivity contribution in [3.05, 3.63) is 33.0 Å². The Morgan fingerprint density at radius 3 is 2.58 bits per heavy atom. The van der Waals surface area contributed by atoms with Gasteiger partial charge >= 0.3 is 0 Å². The summed E-state index contributed by atoms with van der Waals surface area (Å²) in [6, 6.07) is 1.71. The Balaban J connectivity index is 3.42. The van der Waals surface area contributed by atoms with Crippen LogP contribution in [-0.4, -0.2) is 5.11 Å². The molecule has 1 aromatic carbocycles. The second-order valence-electron chi connectivity index (χ2n) is 2.75. The van der Waals surface area contributed by atoms with E-state index in [2.05, 4.69) is 15.9 Å². The minimum absolute atomic E-state index is 0.252. The van der Waals surface area contributed by atoms with E-state index >= 15 is 0 Å². The largest absolute Gasteiger partial charge is 0.392 e. The fraction of sp³-hybridized carbons (Fsp3) is 0.333. The number of aliphatic hydroxyl groups excluding tert-OH is 1. The molecule has 0 aliphatic heterocycles. The minimum Gasteiger partial charge on any atom is -0.392 e. The topological polar surface area (TPSA) is 20.2 Å². The summed E-state index contributed by atoms with van der Waals surface area (Å²) in [6.07, 6.45) is 0. The molecule has 0 fully saturated rings. The first-order valence-corrected chi connectivity index (χ1v) is 4.42. The average Bonchev–Trinajstić information content (AvgIpc) is 2.02. The molecule has 1 N–H and O–H groups in total. The van der Waals surface area contributed by atoms with E-state index in [1.807, 2.05) is 6.92 Å². The zero-order chi connectivity index (χ0) is 9.30. The minimum atomic E-state index is -0.361. The van der Waals surface area contributed by atoms with Crippen LogP contribution in [0.15, 0.2) is 10.5 Å². The highest BCUT2D eigenvalue weighted by molar-refractivity contribution is 9.10. The summed E-state index contributed by atoms with van der Waals surface area (Å²) in [5.74, 6) is -0.361. The molecule has 1 rings (SSSR count). The lowest BCUT2D eigenvalue weighted by molar-refractivity contribution is 0.274. The number of rotatable bonds is 1. The lowest BCUT2D eigenvalue weighted by Crippen LogP contribution is -1.97. The van der Waals surface area contributed by atoms with Crippen LogP contribution in [0.4, 0.5) is 4.39 Å². The Hall–Kier alpha value is -0.410. The van der Waals surface area contributed by atoms with Crippen molar-refractivity contribution in [3.8, 4) is 0 Å². The molecule has 12 heavy (non-hydrogen) atoms. The Morgan fingerprint density at radius 2 is 2.08 bits per heavy atom. The van der Waals surface area contributed by atoms with Gasteiger partial charge in [0.25, 0.3) is 0 Å². The Bertz CT molecular complexity index is 284. The van der Waals surface area contributed by atoms with Gasteiger partial charge in [0.1, 0.15) is 5.82 Å². The first-order chi connectivity index (χ1) is 5.57. The monoisotopic (exact) mass is 232 g/mol. The van der Waals surface area contributed by atoms with Gasteiger partial charge in [-0.1, -0.05) is 0 Å². The lowest BCUT2D eigenvalue weighted by atomic mass is 10.0. The fourth-order valence-corrected chi connectivity index (χ4v) is 1.68. The number of halogens is 2. The van der Waals surface area contributed by atoms with E-state index in [0.29, 0.717) is 10.0 Å². The summed E-state index contributed by atoms with van der Waals surface area (Å²) < 4.78 is 13.6. The van der Waals surface area contributed by atoms with Gasteiger partial charge in [0.15, 0.2) is 0 Å². The highest BCUT2D eigenvalue weighted by Crippen LogP contribution is 2.24. The Morgan fingerprint density at radius 1 is 1.50 bits per heavy atom. The van der Waals surface area contributed by atoms with Gasteiger partial charge in [0.2, 0.25) is 0 Å². The van der Waals surface area contributed by atoms with E-state index < -0.39 is 0 Å². The van der Waals surface area contributed by atoms with Gasteiger partial charge in [0, 0.05) is 5.56 Å². The van der Waals surface area contributed by atoms with Crippen LogP contribution in [0.2, 0.25) is 0 Å². The van der Waals surface area contributed by atoms with Gasteiger partial charge in [-0.15, -0.1) is 0 Å². The molecule has 0 saturated carbocycles. The van der Waals surface area contributed by atoms with Crippen molar-refractivity contribution in [2.75, 3.05) is 0 Å². The smallest absolute Gasteiger partial charge is 0.143 e. The van der Waals surface area contributed by atoms with Gasteiger partial charge in [-0.05, 0) is 47.0 Å². The molecule has 0 aromatic heterocycles. The molecule has 0 spiro atoms. The van der Waals surface area contributed by atoms with Crippen molar-refractivity contribution in [2.24, 2.45) is 0 Å². The molecule has 0 heterocycles. The maximum absolute atomic E-state index is 13.2. The van der Waals surface area contributed by atoms with E-state index in [4.69, 9.17) is 5.11 Å². The van der Waals surface area contributed by atoms with Crippen molar-refractivity contribution in [1.29, 1.82) is 0 Å². The van der Waals surface area contributed by atoms with Crippen molar-refractivity contribution < 1.29 is 9.50 Å². The number of aryl methyl sites for hydroxylation is 1. The maximum Gasteiger partial charge on any atom is 0.143 e. The molecular formula is C9H10BrFO. The maximum atomic E-state index is 13.2. The second kappa shape index (κ2) is 3.54. The summed E-state index contributed by atoms with van der Waals surface area (Å²) in [7, 11) is 0. The molecular weight excluding hydrogens is 223 g/mol. The van der Waals surface area contributed by atoms with Gasteiger partial charge in [-0.3, -0.25) is 0 Å². The predicted molar refractivity (Wildman–Crippen MR) is 49.5 cm³/mol. The van der Waals surface area contributed by atoms with Crippen molar-refractivity contribution in [1.82, 2.24) is 0 Å². The zero-order valence-corrected chi connectivity index (χ0v) is 8.57. The SMILES string of the molecule is Cc1cc(Br)c(F)c(CO)c1C. The third-order valence-electron chi connectivity index (χ3n) is 2.02. The number of aliphatic hydroxyl groups is 1. The van der Waals surface area contributed by atoms with Crippen molar-refractivity contribution in [3.63, 3.8) is 0 Å². The first kappa shape index (κ1) is 9.68. The average molecular weight is 233 g/mol. The van der Waals surface area contributed by atoms with Crippen LogP contribution < -0.4 is 0 Å². The number of hydrogen-bond donors (Lipinski definition) is 1. The molecule has 0 unspecified atom stereocenters. The van der Waals surface area contributed by atoms with Gasteiger partial charge in [-0.2, -0.15) is 0 Å². The highest BCUT2D eigenvalue weighted by Gasteiger charge is 2.10. The van der Waals surface area contributed by atoms with E-state index in [0.717, 1.165) is 11.1 Å². The van der Waals surface area contributed by atoms with Crippen molar-refractivity contribution in [2.45, 2.75) is 20.5 Å². The molecule has 0 bridgehead atoms. The van der Waals surface area contributed by atoms with Crippen LogP contribution in [0.3, 0.4) is 0 Å². The Labute approximate surface area is 79.4 Å². The molecule has 1 aromatic rings. The lowest BCUT2D eigenvalue weighted by Gasteiger charge is -2.08. The predicted octanol–water partition coefficient (Wildman–Crippen LogP) is 2.70.